The van der Waals surface area contributed by atoms with Crippen LogP contribution in [0.1, 0.15) is 32.0 Å². The number of benzene rings is 2. The smallest absolute Gasteiger partial charge is 0.237 e. The normalized spacial score (nSPS) is 15.2. The number of likely N-dealkylation sites (tertiary alicyclic amines) is 1. The van der Waals surface area contributed by atoms with Gasteiger partial charge in [0.25, 0.3) is 0 Å². The van der Waals surface area contributed by atoms with Crippen molar-refractivity contribution in [3.63, 3.8) is 0 Å². The van der Waals surface area contributed by atoms with Gasteiger partial charge in [0.1, 0.15) is 11.6 Å². The molecular formula is C24H28FN5O2S. The van der Waals surface area contributed by atoms with E-state index >= 15 is 0 Å². The average molecular weight is 470 g/mol. The highest BCUT2D eigenvalue weighted by Gasteiger charge is 2.23. The summed E-state index contributed by atoms with van der Waals surface area (Å²) in [6.07, 6.45) is 3.60. The number of aromatic nitrogens is 3. The number of methoxy groups -OCH3 is 1. The Balaban J connectivity index is 1.54. The first-order valence-corrected chi connectivity index (χ1v) is 12.0. The van der Waals surface area contributed by atoms with Gasteiger partial charge in [-0.05, 0) is 69.3 Å². The summed E-state index contributed by atoms with van der Waals surface area (Å²) in [6.45, 7) is 4.54. The zero-order valence-electron chi connectivity index (χ0n) is 18.8. The number of piperidine rings is 1. The minimum Gasteiger partial charge on any atom is -0.497 e. The quantitative estimate of drug-likeness (QED) is 0.489. The van der Waals surface area contributed by atoms with Crippen LogP contribution >= 0.6 is 11.8 Å². The lowest BCUT2D eigenvalue weighted by molar-refractivity contribution is -0.115. The summed E-state index contributed by atoms with van der Waals surface area (Å²) in [6, 6.07) is 13.5. The predicted octanol–water partition coefficient (Wildman–Crippen LogP) is 4.52. The second-order valence-electron chi connectivity index (χ2n) is 8.03. The average Bonchev–Trinajstić information content (AvgIpc) is 3.22. The van der Waals surface area contributed by atoms with E-state index in [-0.39, 0.29) is 11.7 Å². The monoisotopic (exact) mass is 469 g/mol. The molecule has 9 heteroatoms. The van der Waals surface area contributed by atoms with E-state index in [1.807, 2.05) is 29.7 Å². The highest BCUT2D eigenvalue weighted by molar-refractivity contribution is 8.00. The van der Waals surface area contributed by atoms with E-state index in [4.69, 9.17) is 4.74 Å². The Morgan fingerprint density at radius 1 is 1.15 bits per heavy atom. The largest absolute Gasteiger partial charge is 0.497 e. The van der Waals surface area contributed by atoms with E-state index in [1.54, 1.807) is 25.3 Å². The number of ether oxygens (including phenoxy) is 1. The Morgan fingerprint density at radius 3 is 2.64 bits per heavy atom. The minimum atomic E-state index is -0.428. The van der Waals surface area contributed by atoms with E-state index in [0.717, 1.165) is 24.6 Å². The number of nitrogens with one attached hydrogen (secondary N) is 1. The van der Waals surface area contributed by atoms with Gasteiger partial charge in [0, 0.05) is 17.4 Å². The number of hydrogen-bond acceptors (Lipinski definition) is 6. The lowest BCUT2D eigenvalue weighted by atomic mass is 10.1. The van der Waals surface area contributed by atoms with Gasteiger partial charge in [0.2, 0.25) is 5.91 Å². The molecule has 1 aromatic heterocycles. The van der Waals surface area contributed by atoms with E-state index in [9.17, 15) is 9.18 Å². The molecule has 1 atom stereocenters. The number of carbonyl (C=O) groups is 1. The van der Waals surface area contributed by atoms with Gasteiger partial charge in [-0.1, -0.05) is 24.2 Å². The van der Waals surface area contributed by atoms with Crippen LogP contribution in [-0.4, -0.2) is 51.0 Å². The molecule has 174 valence electrons. The predicted molar refractivity (Wildman–Crippen MR) is 127 cm³/mol. The van der Waals surface area contributed by atoms with Crippen LogP contribution in [0.15, 0.2) is 53.7 Å². The van der Waals surface area contributed by atoms with Gasteiger partial charge in [0.15, 0.2) is 11.0 Å². The number of halogens is 1. The molecule has 1 N–H and O–H groups in total. The molecule has 33 heavy (non-hydrogen) atoms. The lowest BCUT2D eigenvalue weighted by Crippen LogP contribution is -2.30. The number of anilines is 1. The summed E-state index contributed by atoms with van der Waals surface area (Å²) < 4.78 is 20.7. The molecule has 0 radical (unpaired) electrons. The van der Waals surface area contributed by atoms with Crippen LogP contribution in [0.4, 0.5) is 10.1 Å². The van der Waals surface area contributed by atoms with Gasteiger partial charge in [-0.3, -0.25) is 14.3 Å². The molecule has 2 heterocycles. The highest BCUT2D eigenvalue weighted by Crippen LogP contribution is 2.28. The van der Waals surface area contributed by atoms with Crippen molar-refractivity contribution in [3.8, 4) is 11.4 Å². The summed E-state index contributed by atoms with van der Waals surface area (Å²) in [5, 5.41) is 11.9. The van der Waals surface area contributed by atoms with Gasteiger partial charge < -0.3 is 10.1 Å². The SMILES string of the molecule is COc1cccc(NC(=O)C(C)Sc2nnc(CN3CCCCC3)n2-c2ccc(F)cc2)c1. The maximum atomic E-state index is 13.6. The first-order chi connectivity index (χ1) is 16.0. The summed E-state index contributed by atoms with van der Waals surface area (Å²) in [7, 11) is 1.59. The zero-order valence-corrected chi connectivity index (χ0v) is 19.6. The van der Waals surface area contributed by atoms with Gasteiger partial charge in [0.05, 0.1) is 18.9 Å². The second-order valence-corrected chi connectivity index (χ2v) is 9.34. The summed E-state index contributed by atoms with van der Waals surface area (Å²) in [5.74, 6) is 1.00. The molecule has 3 aromatic rings. The fraction of sp³-hybridized carbons (Fsp3) is 0.375. The molecule has 0 saturated carbocycles. The zero-order chi connectivity index (χ0) is 23.2. The lowest BCUT2D eigenvalue weighted by Gasteiger charge is -2.26. The van der Waals surface area contributed by atoms with Gasteiger partial charge >= 0.3 is 0 Å². The Morgan fingerprint density at radius 2 is 1.91 bits per heavy atom. The van der Waals surface area contributed by atoms with Crippen molar-refractivity contribution in [1.29, 1.82) is 0 Å². The first-order valence-electron chi connectivity index (χ1n) is 11.1. The molecule has 1 fully saturated rings. The van der Waals surface area contributed by atoms with Crippen molar-refractivity contribution in [2.75, 3.05) is 25.5 Å². The molecule has 1 amide bonds. The van der Waals surface area contributed by atoms with Crippen molar-refractivity contribution in [3.05, 3.63) is 60.2 Å². The highest BCUT2D eigenvalue weighted by atomic mass is 32.2. The van der Waals surface area contributed by atoms with Crippen molar-refractivity contribution >= 4 is 23.4 Å². The van der Waals surface area contributed by atoms with Gasteiger partial charge in [-0.25, -0.2) is 4.39 Å². The number of nitrogens with zero attached hydrogens (tertiary/aromatic N) is 4. The molecule has 7 nitrogen and oxygen atoms in total. The number of carbonyl (C=O) groups excluding carboxylic acids is 1. The van der Waals surface area contributed by atoms with Crippen LogP contribution in [0.5, 0.6) is 5.75 Å². The van der Waals surface area contributed by atoms with Crippen molar-refractivity contribution in [1.82, 2.24) is 19.7 Å². The molecule has 0 bridgehead atoms. The van der Waals surface area contributed by atoms with E-state index < -0.39 is 5.25 Å². The van der Waals surface area contributed by atoms with Crippen LogP contribution in [0.25, 0.3) is 5.69 Å². The third-order valence-corrected chi connectivity index (χ3v) is 6.63. The molecule has 1 aliphatic rings. The van der Waals surface area contributed by atoms with Gasteiger partial charge in [-0.2, -0.15) is 0 Å². The van der Waals surface area contributed by atoms with Gasteiger partial charge in [-0.15, -0.1) is 10.2 Å². The van der Waals surface area contributed by atoms with E-state index in [0.29, 0.717) is 23.1 Å². The fourth-order valence-electron chi connectivity index (χ4n) is 3.80. The summed E-state index contributed by atoms with van der Waals surface area (Å²) in [4.78, 5) is 15.2. The Kier molecular flexibility index (Phi) is 7.61. The maximum Gasteiger partial charge on any atom is 0.237 e. The number of hydrogen-bond donors (Lipinski definition) is 1. The Labute approximate surface area is 197 Å². The van der Waals surface area contributed by atoms with E-state index in [2.05, 4.69) is 20.4 Å². The van der Waals surface area contributed by atoms with E-state index in [1.165, 1.54) is 43.2 Å². The summed E-state index contributed by atoms with van der Waals surface area (Å²) in [5.41, 5.74) is 1.44. The third kappa shape index (κ3) is 5.91. The number of amides is 1. The molecule has 2 aromatic carbocycles. The number of thioether (sulfide) groups is 1. The molecule has 1 unspecified atom stereocenters. The maximum absolute atomic E-state index is 13.6. The Bertz CT molecular complexity index is 1080. The molecule has 0 spiro atoms. The van der Waals surface area contributed by atoms with Crippen LogP contribution in [0.2, 0.25) is 0 Å². The molecular weight excluding hydrogens is 441 g/mol. The topological polar surface area (TPSA) is 72.3 Å². The standard InChI is InChI=1S/C24H28FN5O2S/c1-17(23(31)26-19-7-6-8-21(15-19)32-2)33-24-28-27-22(16-29-13-4-3-5-14-29)30(24)20-11-9-18(25)10-12-20/h6-12,15,17H,3-5,13-14,16H2,1-2H3,(H,26,31). The number of rotatable bonds is 8. The van der Waals surface area contributed by atoms with Crippen LogP contribution in [-0.2, 0) is 11.3 Å². The molecule has 4 rings (SSSR count). The van der Waals surface area contributed by atoms with Crippen molar-refractivity contribution in [2.24, 2.45) is 0 Å². The van der Waals surface area contributed by atoms with Crippen molar-refractivity contribution in [2.45, 2.75) is 43.1 Å². The molecule has 1 aliphatic heterocycles. The second kappa shape index (κ2) is 10.8. The van der Waals surface area contributed by atoms with Crippen LogP contribution in [0.3, 0.4) is 0 Å². The molecule has 1 saturated heterocycles. The third-order valence-electron chi connectivity index (χ3n) is 5.59. The summed E-state index contributed by atoms with van der Waals surface area (Å²) >= 11 is 1.32. The Hall–Kier alpha value is -2.91. The minimum absolute atomic E-state index is 0.153. The molecule has 0 aliphatic carbocycles. The fourth-order valence-corrected chi connectivity index (χ4v) is 4.69. The first kappa shape index (κ1) is 23.3. The van der Waals surface area contributed by atoms with Crippen LogP contribution in [0, 0.1) is 5.82 Å². The van der Waals surface area contributed by atoms with Crippen LogP contribution < -0.4 is 10.1 Å². The van der Waals surface area contributed by atoms with Crippen molar-refractivity contribution < 1.29 is 13.9 Å².